The van der Waals surface area contributed by atoms with Crippen molar-refractivity contribution in [3.63, 3.8) is 0 Å². The number of hydrogen-bond donors (Lipinski definition) is 0. The summed E-state index contributed by atoms with van der Waals surface area (Å²) in [6, 6.07) is 13.1. The van der Waals surface area contributed by atoms with Gasteiger partial charge in [-0.15, -0.1) is 0 Å². The van der Waals surface area contributed by atoms with Gasteiger partial charge < -0.3 is 17.0 Å². The molecule has 0 N–H and O–H groups in total. The molecule has 2 aromatic rings. The zero-order valence-corrected chi connectivity index (χ0v) is 20.5. The highest BCUT2D eigenvalue weighted by molar-refractivity contribution is 5.74. The third-order valence-corrected chi connectivity index (χ3v) is 6.04. The lowest BCUT2D eigenvalue weighted by Crippen LogP contribution is -3.00. The Kier molecular flexibility index (Phi) is 16.2. The molecule has 0 bridgehead atoms. The summed E-state index contributed by atoms with van der Waals surface area (Å²) in [5.74, 6) is 0. The number of unbranched alkanes of at least 4 members (excludes halogenated alkanes) is 15. The first kappa shape index (κ1) is 26.1. The van der Waals surface area contributed by atoms with E-state index in [0.717, 1.165) is 6.54 Å². The SMILES string of the molecule is CCCCCCCCCCCCCCCCCC[n+]1cccc2ccccc21.[Br-]. The molecule has 1 aromatic carbocycles. The molecule has 0 aliphatic carbocycles. The maximum atomic E-state index is 2.42. The summed E-state index contributed by atoms with van der Waals surface area (Å²) < 4.78 is 2.42. The van der Waals surface area contributed by atoms with Crippen LogP contribution in [0.25, 0.3) is 10.9 Å². The van der Waals surface area contributed by atoms with Crippen LogP contribution in [0.15, 0.2) is 42.6 Å². The Balaban J connectivity index is 0.00000420. The monoisotopic (exact) mass is 461 g/mol. The highest BCUT2D eigenvalue weighted by Gasteiger charge is 2.06. The van der Waals surface area contributed by atoms with Crippen LogP contribution in [0.5, 0.6) is 0 Å². The van der Waals surface area contributed by atoms with E-state index < -0.39 is 0 Å². The van der Waals surface area contributed by atoms with E-state index in [0.29, 0.717) is 0 Å². The van der Waals surface area contributed by atoms with Gasteiger partial charge in [-0.05, 0) is 18.6 Å². The van der Waals surface area contributed by atoms with Crippen molar-refractivity contribution in [2.24, 2.45) is 0 Å². The Bertz CT molecular complexity index is 619. The molecule has 1 nitrogen and oxygen atoms in total. The molecule has 2 heteroatoms. The molecule has 0 amide bonds. The van der Waals surface area contributed by atoms with Gasteiger partial charge in [-0.1, -0.05) is 109 Å². The van der Waals surface area contributed by atoms with E-state index in [4.69, 9.17) is 0 Å². The van der Waals surface area contributed by atoms with E-state index in [-0.39, 0.29) is 17.0 Å². The fourth-order valence-electron chi connectivity index (χ4n) is 4.25. The molecular formula is C27H44BrN. The van der Waals surface area contributed by atoms with Crippen molar-refractivity contribution in [2.45, 2.75) is 116 Å². The quantitative estimate of drug-likeness (QED) is 0.219. The fourth-order valence-corrected chi connectivity index (χ4v) is 4.25. The standard InChI is InChI=1S/C27H44N.BrH/c1-2-3-4-5-6-7-8-9-10-11-12-13-14-15-16-19-24-28-25-20-22-26-21-17-18-23-27(26)28;/h17-18,20-23,25H,2-16,19,24H2,1H3;1H/q+1;/p-1. The van der Waals surface area contributed by atoms with Crippen molar-refractivity contribution in [3.8, 4) is 0 Å². The van der Waals surface area contributed by atoms with Crippen molar-refractivity contribution in [3.05, 3.63) is 42.6 Å². The number of para-hydroxylation sites is 1. The van der Waals surface area contributed by atoms with Crippen LogP contribution in [-0.4, -0.2) is 0 Å². The minimum absolute atomic E-state index is 0. The van der Waals surface area contributed by atoms with Gasteiger partial charge in [0.1, 0.15) is 6.54 Å². The molecule has 0 radical (unpaired) electrons. The van der Waals surface area contributed by atoms with E-state index in [1.807, 2.05) is 0 Å². The smallest absolute Gasteiger partial charge is 0.212 e. The molecule has 1 aromatic heterocycles. The molecule has 2 rings (SSSR count). The van der Waals surface area contributed by atoms with Gasteiger partial charge >= 0.3 is 0 Å². The first-order valence-electron chi connectivity index (χ1n) is 12.3. The average Bonchev–Trinajstić information content (AvgIpc) is 2.73. The van der Waals surface area contributed by atoms with Crippen LogP contribution in [0.4, 0.5) is 0 Å². The lowest BCUT2D eigenvalue weighted by Gasteiger charge is -2.04. The molecule has 0 saturated carbocycles. The Labute approximate surface area is 191 Å². The number of hydrogen-bond acceptors (Lipinski definition) is 0. The molecule has 164 valence electrons. The zero-order valence-electron chi connectivity index (χ0n) is 18.9. The Morgan fingerprint density at radius 1 is 0.552 bits per heavy atom. The minimum Gasteiger partial charge on any atom is -1.00 e. The Hall–Kier alpha value is -0.890. The van der Waals surface area contributed by atoms with Crippen molar-refractivity contribution >= 4 is 10.9 Å². The predicted molar refractivity (Wildman–Crippen MR) is 124 cm³/mol. The van der Waals surface area contributed by atoms with Crippen LogP contribution in [0.1, 0.15) is 110 Å². The van der Waals surface area contributed by atoms with Gasteiger partial charge in [0.2, 0.25) is 5.52 Å². The largest absolute Gasteiger partial charge is 1.00 e. The van der Waals surface area contributed by atoms with Crippen LogP contribution < -0.4 is 21.5 Å². The van der Waals surface area contributed by atoms with Gasteiger partial charge in [0, 0.05) is 23.9 Å². The molecule has 0 fully saturated rings. The summed E-state index contributed by atoms with van der Waals surface area (Å²) >= 11 is 0. The fraction of sp³-hybridized carbons (Fsp3) is 0.667. The summed E-state index contributed by atoms with van der Waals surface area (Å²) in [7, 11) is 0. The van der Waals surface area contributed by atoms with Gasteiger partial charge in [0.25, 0.3) is 0 Å². The second-order valence-electron chi connectivity index (χ2n) is 8.56. The topological polar surface area (TPSA) is 3.88 Å². The second-order valence-corrected chi connectivity index (χ2v) is 8.56. The van der Waals surface area contributed by atoms with E-state index in [9.17, 15) is 0 Å². The number of halogens is 1. The first-order valence-corrected chi connectivity index (χ1v) is 12.3. The lowest BCUT2D eigenvalue weighted by molar-refractivity contribution is -0.671. The Morgan fingerprint density at radius 2 is 1.00 bits per heavy atom. The van der Waals surface area contributed by atoms with E-state index in [1.165, 1.54) is 114 Å². The van der Waals surface area contributed by atoms with Crippen molar-refractivity contribution in [1.82, 2.24) is 0 Å². The molecule has 29 heavy (non-hydrogen) atoms. The van der Waals surface area contributed by atoms with Gasteiger partial charge in [0.15, 0.2) is 6.20 Å². The molecule has 0 aliphatic rings. The number of fused-ring (bicyclic) bond motifs is 1. The summed E-state index contributed by atoms with van der Waals surface area (Å²) in [5.41, 5.74) is 1.37. The van der Waals surface area contributed by atoms with Crippen molar-refractivity contribution < 1.29 is 21.5 Å². The zero-order chi connectivity index (χ0) is 19.7. The van der Waals surface area contributed by atoms with E-state index in [1.54, 1.807) is 0 Å². The van der Waals surface area contributed by atoms with Crippen LogP contribution in [0, 0.1) is 0 Å². The predicted octanol–water partition coefficient (Wildman–Crippen LogP) is 5.39. The number of nitrogens with zero attached hydrogens (tertiary/aromatic N) is 1. The molecule has 1 heterocycles. The first-order chi connectivity index (χ1) is 13.9. The highest BCUT2D eigenvalue weighted by Crippen LogP contribution is 2.14. The summed E-state index contributed by atoms with van der Waals surface area (Å²) in [4.78, 5) is 0. The van der Waals surface area contributed by atoms with Crippen LogP contribution in [0.2, 0.25) is 0 Å². The van der Waals surface area contributed by atoms with E-state index in [2.05, 4.69) is 54.1 Å². The number of rotatable bonds is 17. The van der Waals surface area contributed by atoms with Gasteiger partial charge in [-0.25, -0.2) is 0 Å². The maximum absolute atomic E-state index is 2.42. The van der Waals surface area contributed by atoms with Gasteiger partial charge in [0.05, 0.1) is 0 Å². The third kappa shape index (κ3) is 11.8. The summed E-state index contributed by atoms with van der Waals surface area (Å²) in [6.45, 7) is 3.45. The van der Waals surface area contributed by atoms with Crippen molar-refractivity contribution in [2.75, 3.05) is 0 Å². The van der Waals surface area contributed by atoms with Crippen LogP contribution in [-0.2, 0) is 6.54 Å². The minimum atomic E-state index is 0. The highest BCUT2D eigenvalue weighted by atomic mass is 79.9. The summed E-state index contributed by atoms with van der Waals surface area (Å²) in [6.07, 6.45) is 25.2. The lowest BCUT2D eigenvalue weighted by atomic mass is 10.0. The van der Waals surface area contributed by atoms with Gasteiger partial charge in [-0.3, -0.25) is 0 Å². The molecule has 0 unspecified atom stereocenters. The molecule has 0 saturated heterocycles. The molecule has 0 spiro atoms. The average molecular weight is 463 g/mol. The van der Waals surface area contributed by atoms with Crippen LogP contribution >= 0.6 is 0 Å². The second kappa shape index (κ2) is 17.9. The third-order valence-electron chi connectivity index (χ3n) is 6.04. The number of benzene rings is 1. The molecular weight excluding hydrogens is 418 g/mol. The molecule has 0 atom stereocenters. The molecule has 0 aliphatic heterocycles. The van der Waals surface area contributed by atoms with Crippen molar-refractivity contribution in [1.29, 1.82) is 0 Å². The summed E-state index contributed by atoms with van der Waals surface area (Å²) in [5, 5.41) is 1.35. The number of aromatic nitrogens is 1. The normalized spacial score (nSPS) is 10.9. The van der Waals surface area contributed by atoms with Gasteiger partial charge in [-0.2, -0.15) is 4.57 Å². The Morgan fingerprint density at radius 3 is 1.55 bits per heavy atom. The number of pyridine rings is 1. The van der Waals surface area contributed by atoms with E-state index >= 15 is 0 Å². The maximum Gasteiger partial charge on any atom is 0.212 e. The number of aryl methyl sites for hydroxylation is 1. The van der Waals surface area contributed by atoms with Crippen LogP contribution in [0.3, 0.4) is 0 Å².